The summed E-state index contributed by atoms with van der Waals surface area (Å²) >= 11 is 1.39. The first-order valence-electron chi connectivity index (χ1n) is 11.0. The third-order valence-corrected chi connectivity index (χ3v) is 6.12. The Hall–Kier alpha value is -3.00. The molecule has 0 fully saturated rings. The van der Waals surface area contributed by atoms with Gasteiger partial charge in [-0.05, 0) is 43.2 Å². The fraction of sp³-hybridized carbons (Fsp3) is 0.417. The number of anilines is 1. The fourth-order valence-corrected chi connectivity index (χ4v) is 4.12. The molecule has 0 bridgehead atoms. The number of carbonyl (C=O) groups excluding carboxylic acids is 1. The number of pyridine rings is 1. The van der Waals surface area contributed by atoms with Crippen molar-refractivity contribution in [2.45, 2.75) is 45.6 Å². The van der Waals surface area contributed by atoms with Gasteiger partial charge in [0, 0.05) is 61.8 Å². The topological polar surface area (TPSA) is 80.2 Å². The van der Waals surface area contributed by atoms with Gasteiger partial charge in [-0.1, -0.05) is 25.1 Å². The Kier molecular flexibility index (Phi) is 8.98. The van der Waals surface area contributed by atoms with Crippen LogP contribution in [0.4, 0.5) is 5.13 Å². The first-order chi connectivity index (χ1) is 15.6. The lowest BCUT2D eigenvalue weighted by Crippen LogP contribution is -2.37. The molecule has 2 heterocycles. The van der Waals surface area contributed by atoms with Crippen molar-refractivity contribution >= 4 is 22.6 Å². The summed E-state index contributed by atoms with van der Waals surface area (Å²) in [5, 5.41) is 3.85. The van der Waals surface area contributed by atoms with Crippen LogP contribution in [0.1, 0.15) is 43.8 Å². The lowest BCUT2D eigenvalue weighted by Gasteiger charge is -2.27. The minimum Gasteiger partial charge on any atom is -0.497 e. The Labute approximate surface area is 194 Å². The number of ether oxygens (including phenoxy) is 1. The van der Waals surface area contributed by atoms with Crippen LogP contribution in [-0.4, -0.2) is 46.5 Å². The Balaban J connectivity index is 1.54. The minimum absolute atomic E-state index is 0.0374. The highest BCUT2D eigenvalue weighted by molar-refractivity contribution is 7.09. The highest BCUT2D eigenvalue weighted by atomic mass is 32.1. The minimum atomic E-state index is 0.0374. The van der Waals surface area contributed by atoms with Crippen LogP contribution in [0.2, 0.25) is 0 Å². The van der Waals surface area contributed by atoms with E-state index in [1.165, 1.54) is 11.5 Å². The highest BCUT2D eigenvalue weighted by Crippen LogP contribution is 2.23. The number of nitrogens with zero attached hydrogens (tertiary/aromatic N) is 4. The zero-order valence-corrected chi connectivity index (χ0v) is 19.8. The Morgan fingerprint density at radius 3 is 2.88 bits per heavy atom. The molecular formula is C24H31N5O2S. The van der Waals surface area contributed by atoms with E-state index in [0.29, 0.717) is 25.9 Å². The predicted octanol–water partition coefficient (Wildman–Crippen LogP) is 3.89. The van der Waals surface area contributed by atoms with Gasteiger partial charge in [-0.3, -0.25) is 9.78 Å². The lowest BCUT2D eigenvalue weighted by atomic mass is 10.1. The molecule has 1 unspecified atom stereocenters. The second kappa shape index (κ2) is 12.1. The fourth-order valence-electron chi connectivity index (χ4n) is 3.31. The van der Waals surface area contributed by atoms with Crippen molar-refractivity contribution in [2.24, 2.45) is 0 Å². The maximum Gasteiger partial charge on any atom is 0.221 e. The molecule has 7 nitrogen and oxygen atoms in total. The Morgan fingerprint density at radius 1 is 1.25 bits per heavy atom. The second-order valence-electron chi connectivity index (χ2n) is 7.64. The third kappa shape index (κ3) is 7.02. The van der Waals surface area contributed by atoms with Gasteiger partial charge in [0.05, 0.1) is 7.11 Å². The largest absolute Gasteiger partial charge is 0.497 e. The van der Waals surface area contributed by atoms with Crippen LogP contribution in [0.25, 0.3) is 0 Å². The molecular weight excluding hydrogens is 422 g/mol. The molecule has 1 amide bonds. The van der Waals surface area contributed by atoms with E-state index in [-0.39, 0.29) is 11.9 Å². The van der Waals surface area contributed by atoms with E-state index in [9.17, 15) is 4.79 Å². The van der Waals surface area contributed by atoms with Gasteiger partial charge in [-0.25, -0.2) is 4.98 Å². The molecule has 0 saturated heterocycles. The smallest absolute Gasteiger partial charge is 0.221 e. The van der Waals surface area contributed by atoms with Gasteiger partial charge in [0.2, 0.25) is 11.0 Å². The van der Waals surface area contributed by atoms with Crippen LogP contribution < -0.4 is 15.0 Å². The molecule has 1 aromatic carbocycles. The molecule has 0 radical (unpaired) electrons. The number of benzene rings is 1. The van der Waals surface area contributed by atoms with Gasteiger partial charge in [0.25, 0.3) is 0 Å². The van der Waals surface area contributed by atoms with E-state index >= 15 is 0 Å². The van der Waals surface area contributed by atoms with Crippen molar-refractivity contribution in [3.8, 4) is 5.75 Å². The van der Waals surface area contributed by atoms with E-state index in [2.05, 4.69) is 33.4 Å². The normalized spacial score (nSPS) is 11.7. The van der Waals surface area contributed by atoms with Gasteiger partial charge in [-0.2, -0.15) is 4.37 Å². The lowest BCUT2D eigenvalue weighted by molar-refractivity contribution is -0.120. The van der Waals surface area contributed by atoms with Gasteiger partial charge >= 0.3 is 0 Å². The third-order valence-electron chi connectivity index (χ3n) is 5.33. The summed E-state index contributed by atoms with van der Waals surface area (Å²) in [5.41, 5.74) is 2.09. The van der Waals surface area contributed by atoms with Crippen molar-refractivity contribution in [1.82, 2.24) is 19.7 Å². The molecule has 1 atom stereocenters. The summed E-state index contributed by atoms with van der Waals surface area (Å²) in [7, 11) is 1.66. The molecule has 32 heavy (non-hydrogen) atoms. The summed E-state index contributed by atoms with van der Waals surface area (Å²) in [6.07, 6.45) is 4.52. The van der Waals surface area contributed by atoms with E-state index < -0.39 is 0 Å². The van der Waals surface area contributed by atoms with Crippen LogP contribution in [0.3, 0.4) is 0 Å². The average molecular weight is 454 g/mol. The van der Waals surface area contributed by atoms with E-state index in [1.54, 1.807) is 13.3 Å². The zero-order chi connectivity index (χ0) is 22.8. The number of rotatable bonds is 12. The van der Waals surface area contributed by atoms with Crippen LogP contribution in [-0.2, 0) is 17.6 Å². The molecule has 0 aliphatic carbocycles. The highest BCUT2D eigenvalue weighted by Gasteiger charge is 2.19. The molecule has 0 aliphatic heterocycles. The maximum atomic E-state index is 12.4. The second-order valence-corrected chi connectivity index (χ2v) is 8.37. The number of amides is 1. The molecule has 3 rings (SSSR count). The zero-order valence-electron chi connectivity index (χ0n) is 19.0. The van der Waals surface area contributed by atoms with Gasteiger partial charge < -0.3 is 15.0 Å². The average Bonchev–Trinajstić information content (AvgIpc) is 3.27. The Bertz CT molecular complexity index is 979. The van der Waals surface area contributed by atoms with Crippen molar-refractivity contribution in [3.63, 3.8) is 0 Å². The first kappa shape index (κ1) is 23.7. The molecule has 0 spiro atoms. The number of hydrogen-bond donors (Lipinski definition) is 1. The maximum absolute atomic E-state index is 12.4. The van der Waals surface area contributed by atoms with Gasteiger partial charge in [-0.15, -0.1) is 0 Å². The quantitative estimate of drug-likeness (QED) is 0.448. The first-order valence-corrected chi connectivity index (χ1v) is 11.7. The van der Waals surface area contributed by atoms with E-state index in [1.807, 2.05) is 42.5 Å². The molecule has 2 aromatic heterocycles. The molecule has 170 valence electrons. The van der Waals surface area contributed by atoms with Crippen molar-refractivity contribution in [3.05, 3.63) is 65.7 Å². The molecule has 0 aliphatic rings. The van der Waals surface area contributed by atoms with Gasteiger partial charge in [0.15, 0.2) is 0 Å². The SMILES string of the molecule is CCC(C)N(CCC(=O)NCCc1ccccn1)c1nc(Cc2cccc(OC)c2)ns1. The number of hydrogen-bond acceptors (Lipinski definition) is 7. The molecule has 3 aromatic rings. The van der Waals surface area contributed by atoms with Crippen molar-refractivity contribution in [1.29, 1.82) is 0 Å². The summed E-state index contributed by atoms with van der Waals surface area (Å²) in [6, 6.07) is 14.0. The molecule has 8 heteroatoms. The standard InChI is InChI=1S/C24H31N5O2S/c1-4-18(2)29(15-12-23(30)26-14-11-20-9-5-6-13-25-20)24-27-22(28-32-24)17-19-8-7-10-21(16-19)31-3/h5-10,13,16,18H,4,11-12,14-15,17H2,1-3H3,(H,26,30). The number of nitrogens with one attached hydrogen (secondary N) is 1. The van der Waals surface area contributed by atoms with E-state index in [4.69, 9.17) is 9.72 Å². The van der Waals surface area contributed by atoms with Crippen LogP contribution in [0, 0.1) is 0 Å². The summed E-state index contributed by atoms with van der Waals surface area (Å²) in [5.74, 6) is 1.65. The monoisotopic (exact) mass is 453 g/mol. The summed E-state index contributed by atoms with van der Waals surface area (Å²) in [6.45, 7) is 5.49. The number of carbonyl (C=O) groups is 1. The van der Waals surface area contributed by atoms with Crippen LogP contribution in [0.5, 0.6) is 5.75 Å². The van der Waals surface area contributed by atoms with Crippen LogP contribution in [0.15, 0.2) is 48.7 Å². The predicted molar refractivity (Wildman–Crippen MR) is 128 cm³/mol. The molecule has 0 saturated carbocycles. The van der Waals surface area contributed by atoms with Gasteiger partial charge in [0.1, 0.15) is 11.6 Å². The summed E-state index contributed by atoms with van der Waals surface area (Å²) in [4.78, 5) is 23.6. The Morgan fingerprint density at radius 2 is 2.12 bits per heavy atom. The van der Waals surface area contributed by atoms with Crippen molar-refractivity contribution in [2.75, 3.05) is 25.1 Å². The number of methoxy groups -OCH3 is 1. The molecule has 1 N–H and O–H groups in total. The van der Waals surface area contributed by atoms with E-state index in [0.717, 1.165) is 40.8 Å². The number of aromatic nitrogens is 3. The summed E-state index contributed by atoms with van der Waals surface area (Å²) < 4.78 is 9.86. The van der Waals surface area contributed by atoms with Crippen LogP contribution >= 0.6 is 11.5 Å². The van der Waals surface area contributed by atoms with Crippen molar-refractivity contribution < 1.29 is 9.53 Å².